The fraction of sp³-hybridized carbons (Fsp3) is 0.429. The average molecular weight is 262 g/mol. The molecule has 0 saturated carbocycles. The summed E-state index contributed by atoms with van der Waals surface area (Å²) in [7, 11) is 1.92. The maximum atomic E-state index is 12.0. The van der Waals surface area contributed by atoms with Gasteiger partial charge in [0, 0.05) is 36.0 Å². The van der Waals surface area contributed by atoms with E-state index in [9.17, 15) is 4.79 Å². The number of aryl methyl sites for hydroxylation is 3. The maximum Gasteiger partial charge on any atom is 0.137 e. The molecule has 0 fully saturated rings. The zero-order valence-corrected chi connectivity index (χ0v) is 11.9. The van der Waals surface area contributed by atoms with Crippen LogP contribution in [-0.4, -0.2) is 15.6 Å². The van der Waals surface area contributed by atoms with Gasteiger partial charge in [0.05, 0.1) is 5.69 Å². The summed E-state index contributed by atoms with van der Waals surface area (Å²) in [6.45, 7) is 3.98. The molecule has 3 nitrogen and oxygen atoms in total. The summed E-state index contributed by atoms with van der Waals surface area (Å²) in [6, 6.07) is 4.11. The second-order valence-corrected chi connectivity index (χ2v) is 5.60. The minimum Gasteiger partial charge on any atom is -0.299 e. The first kappa shape index (κ1) is 13.0. The van der Waals surface area contributed by atoms with Crippen molar-refractivity contribution in [2.45, 2.75) is 33.1 Å². The Morgan fingerprint density at radius 1 is 1.44 bits per heavy atom. The summed E-state index contributed by atoms with van der Waals surface area (Å²) in [6.07, 6.45) is 1.99. The molecule has 2 aromatic heterocycles. The molecule has 0 bridgehead atoms. The zero-order chi connectivity index (χ0) is 13.1. The van der Waals surface area contributed by atoms with Crippen molar-refractivity contribution in [2.75, 3.05) is 0 Å². The average Bonchev–Trinajstić information content (AvgIpc) is 2.92. The predicted molar refractivity (Wildman–Crippen MR) is 74.0 cm³/mol. The number of nitrogens with zero attached hydrogens (tertiary/aromatic N) is 2. The molecule has 0 N–H and O–H groups in total. The molecule has 2 rings (SSSR count). The van der Waals surface area contributed by atoms with Crippen LogP contribution in [0.5, 0.6) is 0 Å². The smallest absolute Gasteiger partial charge is 0.137 e. The Morgan fingerprint density at radius 2 is 2.22 bits per heavy atom. The molecule has 2 aromatic rings. The monoisotopic (exact) mass is 262 g/mol. The van der Waals surface area contributed by atoms with Crippen molar-refractivity contribution >= 4 is 17.1 Å². The van der Waals surface area contributed by atoms with Gasteiger partial charge in [-0.05, 0) is 31.7 Å². The Hall–Kier alpha value is -1.42. The summed E-state index contributed by atoms with van der Waals surface area (Å²) >= 11 is 1.71. The standard InChI is InChI=1S/C14H18N2OS/c1-10-14(11(2)16(3)15-10)9-12(17)6-7-13-5-4-8-18-13/h4-5,8H,6-7,9H2,1-3H3. The van der Waals surface area contributed by atoms with Crippen LogP contribution < -0.4 is 0 Å². The normalized spacial score (nSPS) is 10.8. The van der Waals surface area contributed by atoms with Gasteiger partial charge in [-0.15, -0.1) is 11.3 Å². The first-order valence-electron chi connectivity index (χ1n) is 6.11. The fourth-order valence-electron chi connectivity index (χ4n) is 2.08. The Kier molecular flexibility index (Phi) is 3.97. The highest BCUT2D eigenvalue weighted by Gasteiger charge is 2.13. The SMILES string of the molecule is Cc1nn(C)c(C)c1CC(=O)CCc1cccs1. The van der Waals surface area contributed by atoms with Gasteiger partial charge in [-0.25, -0.2) is 0 Å². The molecule has 96 valence electrons. The number of hydrogen-bond donors (Lipinski definition) is 0. The van der Waals surface area contributed by atoms with Crippen LogP contribution in [0.2, 0.25) is 0 Å². The van der Waals surface area contributed by atoms with Crippen LogP contribution in [0.25, 0.3) is 0 Å². The number of hydrogen-bond acceptors (Lipinski definition) is 3. The van der Waals surface area contributed by atoms with E-state index >= 15 is 0 Å². The topological polar surface area (TPSA) is 34.9 Å². The lowest BCUT2D eigenvalue weighted by Gasteiger charge is -2.01. The number of rotatable bonds is 5. The van der Waals surface area contributed by atoms with E-state index in [0.29, 0.717) is 18.6 Å². The molecule has 0 radical (unpaired) electrons. The van der Waals surface area contributed by atoms with Crippen LogP contribution in [0, 0.1) is 13.8 Å². The summed E-state index contributed by atoms with van der Waals surface area (Å²) < 4.78 is 1.84. The van der Waals surface area contributed by atoms with Gasteiger partial charge < -0.3 is 0 Å². The Balaban J connectivity index is 1.95. The second-order valence-electron chi connectivity index (χ2n) is 4.57. The highest BCUT2D eigenvalue weighted by atomic mass is 32.1. The van der Waals surface area contributed by atoms with E-state index < -0.39 is 0 Å². The first-order chi connectivity index (χ1) is 8.58. The minimum absolute atomic E-state index is 0.294. The molecule has 4 heteroatoms. The van der Waals surface area contributed by atoms with Crippen molar-refractivity contribution in [3.63, 3.8) is 0 Å². The van der Waals surface area contributed by atoms with Gasteiger partial charge in [-0.2, -0.15) is 5.10 Å². The lowest BCUT2D eigenvalue weighted by molar-refractivity contribution is -0.118. The molecule has 0 aromatic carbocycles. The van der Waals surface area contributed by atoms with Gasteiger partial charge in [-0.1, -0.05) is 6.07 Å². The molecule has 0 aliphatic rings. The molecule has 0 unspecified atom stereocenters. The zero-order valence-electron chi connectivity index (χ0n) is 11.1. The van der Waals surface area contributed by atoms with Crippen LogP contribution in [0.4, 0.5) is 0 Å². The summed E-state index contributed by atoms with van der Waals surface area (Å²) in [5, 5.41) is 6.39. The second kappa shape index (κ2) is 5.48. The van der Waals surface area contributed by atoms with Crippen molar-refractivity contribution < 1.29 is 4.79 Å². The van der Waals surface area contributed by atoms with E-state index in [1.165, 1.54) is 4.88 Å². The van der Waals surface area contributed by atoms with Gasteiger partial charge >= 0.3 is 0 Å². The van der Waals surface area contributed by atoms with E-state index in [0.717, 1.165) is 23.4 Å². The molecule has 0 amide bonds. The third-order valence-electron chi connectivity index (χ3n) is 3.26. The molecular weight excluding hydrogens is 244 g/mol. The van der Waals surface area contributed by atoms with Crippen molar-refractivity contribution in [1.82, 2.24) is 9.78 Å². The van der Waals surface area contributed by atoms with Gasteiger partial charge in [0.2, 0.25) is 0 Å². The maximum absolute atomic E-state index is 12.0. The van der Waals surface area contributed by atoms with Gasteiger partial charge in [-0.3, -0.25) is 9.48 Å². The minimum atomic E-state index is 0.294. The van der Waals surface area contributed by atoms with Gasteiger partial charge in [0.1, 0.15) is 5.78 Å². The first-order valence-corrected chi connectivity index (χ1v) is 6.99. The van der Waals surface area contributed by atoms with E-state index in [-0.39, 0.29) is 0 Å². The van der Waals surface area contributed by atoms with Crippen LogP contribution in [0.1, 0.15) is 28.2 Å². The van der Waals surface area contributed by atoms with Crippen molar-refractivity contribution in [2.24, 2.45) is 7.05 Å². The molecule has 0 saturated heterocycles. The van der Waals surface area contributed by atoms with Crippen molar-refractivity contribution in [3.8, 4) is 0 Å². The van der Waals surface area contributed by atoms with Gasteiger partial charge in [0.15, 0.2) is 0 Å². The Morgan fingerprint density at radius 3 is 2.78 bits per heavy atom. The van der Waals surface area contributed by atoms with E-state index in [1.807, 2.05) is 31.6 Å². The third kappa shape index (κ3) is 2.88. The van der Waals surface area contributed by atoms with Crippen molar-refractivity contribution in [3.05, 3.63) is 39.3 Å². The van der Waals surface area contributed by atoms with Gasteiger partial charge in [0.25, 0.3) is 0 Å². The lowest BCUT2D eigenvalue weighted by atomic mass is 10.0. The molecule has 2 heterocycles. The van der Waals surface area contributed by atoms with Crippen molar-refractivity contribution in [1.29, 1.82) is 0 Å². The molecule has 0 spiro atoms. The highest BCUT2D eigenvalue weighted by molar-refractivity contribution is 7.09. The van der Waals surface area contributed by atoms with Crippen LogP contribution in [0.15, 0.2) is 17.5 Å². The highest BCUT2D eigenvalue weighted by Crippen LogP contribution is 2.15. The number of carbonyl (C=O) groups excluding carboxylic acids is 1. The van der Waals surface area contributed by atoms with Crippen LogP contribution in [-0.2, 0) is 24.7 Å². The summed E-state index contributed by atoms with van der Waals surface area (Å²) in [4.78, 5) is 13.3. The number of Topliss-reactive ketones (excluding diaryl/α,β-unsaturated/α-hetero) is 1. The van der Waals surface area contributed by atoms with E-state index in [1.54, 1.807) is 11.3 Å². The quantitative estimate of drug-likeness (QED) is 0.830. The number of ketones is 1. The number of carbonyl (C=O) groups is 1. The molecule has 0 aliphatic heterocycles. The predicted octanol–water partition coefficient (Wildman–Crippen LogP) is 2.84. The van der Waals surface area contributed by atoms with Crippen LogP contribution >= 0.6 is 11.3 Å². The molecular formula is C14H18N2OS. The Bertz CT molecular complexity index is 540. The molecule has 0 atom stereocenters. The molecule has 18 heavy (non-hydrogen) atoms. The van der Waals surface area contributed by atoms with E-state index in [2.05, 4.69) is 16.5 Å². The van der Waals surface area contributed by atoms with E-state index in [4.69, 9.17) is 0 Å². The van der Waals surface area contributed by atoms with Crippen LogP contribution in [0.3, 0.4) is 0 Å². The summed E-state index contributed by atoms with van der Waals surface area (Å²) in [5.41, 5.74) is 3.16. The number of thiophene rings is 1. The summed E-state index contributed by atoms with van der Waals surface area (Å²) in [5.74, 6) is 0.294. The molecule has 0 aliphatic carbocycles. The fourth-order valence-corrected chi connectivity index (χ4v) is 2.79. The number of aromatic nitrogens is 2. The lowest BCUT2D eigenvalue weighted by Crippen LogP contribution is -2.05. The third-order valence-corrected chi connectivity index (χ3v) is 4.20. The largest absolute Gasteiger partial charge is 0.299 e. The Labute approximate surface area is 111 Å².